The first-order valence-electron chi connectivity index (χ1n) is 5.25. The smallest absolute Gasteiger partial charge is 0.149 e. The first-order chi connectivity index (χ1) is 8.22. The molecule has 0 bridgehead atoms. The standard InChI is InChI=1S/C13H12ClFN2/c1-16-7-10-3-2-9(6-12(10)14)11-4-5-17-8-13(11)15/h2-6,8,16H,7H2,1H3. The number of nitrogens with zero attached hydrogens (tertiary/aromatic N) is 1. The molecule has 17 heavy (non-hydrogen) atoms. The normalized spacial score (nSPS) is 10.5. The van der Waals surface area contributed by atoms with Gasteiger partial charge in [0.2, 0.25) is 0 Å². The van der Waals surface area contributed by atoms with Crippen LogP contribution in [0.25, 0.3) is 11.1 Å². The van der Waals surface area contributed by atoms with E-state index < -0.39 is 0 Å². The topological polar surface area (TPSA) is 24.9 Å². The molecule has 1 aromatic heterocycles. The highest BCUT2D eigenvalue weighted by atomic mass is 35.5. The summed E-state index contributed by atoms with van der Waals surface area (Å²) in [6.45, 7) is 0.692. The van der Waals surface area contributed by atoms with Crippen molar-refractivity contribution < 1.29 is 4.39 Å². The molecule has 0 radical (unpaired) electrons. The van der Waals surface area contributed by atoms with E-state index in [1.807, 2.05) is 19.2 Å². The summed E-state index contributed by atoms with van der Waals surface area (Å²) in [6.07, 6.45) is 2.76. The molecule has 0 atom stereocenters. The van der Waals surface area contributed by atoms with E-state index in [1.54, 1.807) is 18.3 Å². The Hall–Kier alpha value is -1.45. The van der Waals surface area contributed by atoms with Gasteiger partial charge < -0.3 is 5.32 Å². The molecule has 0 aliphatic carbocycles. The molecule has 0 aliphatic heterocycles. The summed E-state index contributed by atoms with van der Waals surface area (Å²) in [5.41, 5.74) is 2.26. The van der Waals surface area contributed by atoms with Crippen LogP contribution in [-0.2, 0) is 6.54 Å². The molecule has 0 amide bonds. The van der Waals surface area contributed by atoms with Gasteiger partial charge in [0, 0.05) is 23.3 Å². The monoisotopic (exact) mass is 250 g/mol. The summed E-state index contributed by atoms with van der Waals surface area (Å²) in [4.78, 5) is 3.72. The van der Waals surface area contributed by atoms with E-state index in [-0.39, 0.29) is 5.82 Å². The average Bonchev–Trinajstić information content (AvgIpc) is 2.33. The van der Waals surface area contributed by atoms with Crippen molar-refractivity contribution in [3.8, 4) is 11.1 Å². The molecular formula is C13H12ClFN2. The molecular weight excluding hydrogens is 239 g/mol. The number of benzene rings is 1. The fourth-order valence-electron chi connectivity index (χ4n) is 1.66. The van der Waals surface area contributed by atoms with Gasteiger partial charge in [-0.15, -0.1) is 0 Å². The van der Waals surface area contributed by atoms with Crippen LogP contribution in [-0.4, -0.2) is 12.0 Å². The fraction of sp³-hybridized carbons (Fsp3) is 0.154. The van der Waals surface area contributed by atoms with Gasteiger partial charge in [-0.25, -0.2) is 4.39 Å². The zero-order valence-electron chi connectivity index (χ0n) is 9.37. The molecule has 4 heteroatoms. The average molecular weight is 251 g/mol. The lowest BCUT2D eigenvalue weighted by atomic mass is 10.0. The Labute approximate surface area is 104 Å². The van der Waals surface area contributed by atoms with Crippen LogP contribution in [0.2, 0.25) is 5.02 Å². The Balaban J connectivity index is 2.41. The van der Waals surface area contributed by atoms with E-state index >= 15 is 0 Å². The number of aromatic nitrogens is 1. The minimum absolute atomic E-state index is 0.343. The van der Waals surface area contributed by atoms with E-state index in [0.29, 0.717) is 17.1 Å². The maximum absolute atomic E-state index is 13.5. The molecule has 2 aromatic rings. The molecule has 0 saturated carbocycles. The molecule has 0 aliphatic rings. The fourth-order valence-corrected chi connectivity index (χ4v) is 1.91. The molecule has 2 nitrogen and oxygen atoms in total. The quantitative estimate of drug-likeness (QED) is 0.905. The van der Waals surface area contributed by atoms with Gasteiger partial charge in [0.15, 0.2) is 0 Å². The molecule has 0 saturated heterocycles. The predicted octanol–water partition coefficient (Wildman–Crippen LogP) is 3.26. The zero-order chi connectivity index (χ0) is 12.3. The first kappa shape index (κ1) is 12.0. The second-order valence-electron chi connectivity index (χ2n) is 3.69. The molecule has 1 heterocycles. The van der Waals surface area contributed by atoms with Crippen molar-refractivity contribution in [2.75, 3.05) is 7.05 Å². The van der Waals surface area contributed by atoms with Gasteiger partial charge >= 0.3 is 0 Å². The highest BCUT2D eigenvalue weighted by Crippen LogP contribution is 2.27. The highest BCUT2D eigenvalue weighted by molar-refractivity contribution is 6.31. The Morgan fingerprint density at radius 3 is 2.82 bits per heavy atom. The number of halogens is 2. The van der Waals surface area contributed by atoms with Crippen LogP contribution in [0.1, 0.15) is 5.56 Å². The third-order valence-electron chi connectivity index (χ3n) is 2.50. The molecule has 0 spiro atoms. The lowest BCUT2D eigenvalue weighted by Crippen LogP contribution is -2.05. The van der Waals surface area contributed by atoms with E-state index in [4.69, 9.17) is 11.6 Å². The van der Waals surface area contributed by atoms with Crippen molar-refractivity contribution in [2.24, 2.45) is 0 Å². The number of nitrogens with one attached hydrogen (secondary N) is 1. The number of rotatable bonds is 3. The predicted molar refractivity (Wildman–Crippen MR) is 67.4 cm³/mol. The van der Waals surface area contributed by atoms with Crippen LogP contribution in [0.5, 0.6) is 0 Å². The van der Waals surface area contributed by atoms with Crippen molar-refractivity contribution in [3.63, 3.8) is 0 Å². The Kier molecular flexibility index (Phi) is 3.71. The molecule has 2 rings (SSSR count). The lowest BCUT2D eigenvalue weighted by Gasteiger charge is -2.07. The van der Waals surface area contributed by atoms with E-state index in [0.717, 1.165) is 11.1 Å². The third-order valence-corrected chi connectivity index (χ3v) is 2.86. The van der Waals surface area contributed by atoms with Crippen LogP contribution < -0.4 is 5.32 Å². The molecule has 1 N–H and O–H groups in total. The van der Waals surface area contributed by atoms with Gasteiger partial charge in [-0.3, -0.25) is 4.98 Å². The Morgan fingerprint density at radius 2 is 2.18 bits per heavy atom. The maximum atomic E-state index is 13.5. The minimum Gasteiger partial charge on any atom is -0.316 e. The molecule has 0 unspecified atom stereocenters. The second kappa shape index (κ2) is 5.25. The van der Waals surface area contributed by atoms with Gasteiger partial charge in [0.1, 0.15) is 5.82 Å². The third kappa shape index (κ3) is 2.62. The second-order valence-corrected chi connectivity index (χ2v) is 4.10. The molecule has 88 valence electrons. The van der Waals surface area contributed by atoms with Crippen molar-refractivity contribution in [1.82, 2.24) is 10.3 Å². The van der Waals surface area contributed by atoms with Crippen LogP contribution >= 0.6 is 11.6 Å². The number of pyridine rings is 1. The van der Waals surface area contributed by atoms with E-state index in [2.05, 4.69) is 10.3 Å². The van der Waals surface area contributed by atoms with Crippen LogP contribution in [0, 0.1) is 5.82 Å². The molecule has 0 fully saturated rings. The first-order valence-corrected chi connectivity index (χ1v) is 5.63. The largest absolute Gasteiger partial charge is 0.316 e. The van der Waals surface area contributed by atoms with Crippen LogP contribution in [0.4, 0.5) is 4.39 Å². The SMILES string of the molecule is CNCc1ccc(-c2ccncc2F)cc1Cl. The van der Waals surface area contributed by atoms with Gasteiger partial charge in [0.05, 0.1) is 6.20 Å². The summed E-state index contributed by atoms with van der Waals surface area (Å²) < 4.78 is 13.5. The Bertz CT molecular complexity index is 529. The lowest BCUT2D eigenvalue weighted by molar-refractivity contribution is 0.625. The van der Waals surface area contributed by atoms with Crippen molar-refractivity contribution in [3.05, 3.63) is 53.1 Å². The maximum Gasteiger partial charge on any atom is 0.149 e. The van der Waals surface area contributed by atoms with Crippen molar-refractivity contribution in [1.29, 1.82) is 0 Å². The highest BCUT2D eigenvalue weighted by Gasteiger charge is 2.07. The van der Waals surface area contributed by atoms with Gasteiger partial charge in [-0.1, -0.05) is 23.7 Å². The zero-order valence-corrected chi connectivity index (χ0v) is 10.1. The van der Waals surface area contributed by atoms with Gasteiger partial charge in [-0.05, 0) is 30.3 Å². The summed E-state index contributed by atoms with van der Waals surface area (Å²) in [6, 6.07) is 7.16. The number of hydrogen-bond donors (Lipinski definition) is 1. The summed E-state index contributed by atoms with van der Waals surface area (Å²) in [5.74, 6) is -0.343. The van der Waals surface area contributed by atoms with Gasteiger partial charge in [-0.2, -0.15) is 0 Å². The minimum atomic E-state index is -0.343. The summed E-state index contributed by atoms with van der Waals surface area (Å²) >= 11 is 6.13. The van der Waals surface area contributed by atoms with Crippen molar-refractivity contribution >= 4 is 11.6 Å². The van der Waals surface area contributed by atoms with Gasteiger partial charge in [0.25, 0.3) is 0 Å². The summed E-state index contributed by atoms with van der Waals surface area (Å²) in [5, 5.41) is 3.66. The van der Waals surface area contributed by atoms with E-state index in [1.165, 1.54) is 6.20 Å². The van der Waals surface area contributed by atoms with Crippen LogP contribution in [0.15, 0.2) is 36.7 Å². The van der Waals surface area contributed by atoms with Crippen LogP contribution in [0.3, 0.4) is 0 Å². The summed E-state index contributed by atoms with van der Waals surface area (Å²) in [7, 11) is 1.85. The Morgan fingerprint density at radius 1 is 1.35 bits per heavy atom. The van der Waals surface area contributed by atoms with Crippen molar-refractivity contribution in [2.45, 2.75) is 6.54 Å². The number of hydrogen-bond acceptors (Lipinski definition) is 2. The molecule has 1 aromatic carbocycles. The van der Waals surface area contributed by atoms with E-state index in [9.17, 15) is 4.39 Å².